The van der Waals surface area contributed by atoms with Gasteiger partial charge < -0.3 is 15.0 Å². The van der Waals surface area contributed by atoms with E-state index in [9.17, 15) is 44.7 Å². The SMILES string of the molecule is CC1c2ccc(C(=O)NCc3c(F)cc(F)cc3F)cc2N(Cc2c(F)cc(F)cc2OC(F)(F)F)C(=O)N1C. The van der Waals surface area contributed by atoms with Crippen molar-refractivity contribution in [3.8, 4) is 5.75 Å². The second-order valence-electron chi connectivity index (χ2n) is 8.87. The number of nitrogens with one attached hydrogen (secondary N) is 1. The van der Waals surface area contributed by atoms with Crippen LogP contribution in [0.2, 0.25) is 0 Å². The topological polar surface area (TPSA) is 61.9 Å². The first-order valence-corrected chi connectivity index (χ1v) is 11.5. The van der Waals surface area contributed by atoms with Crippen molar-refractivity contribution in [2.24, 2.45) is 0 Å². The summed E-state index contributed by atoms with van der Waals surface area (Å²) in [4.78, 5) is 28.0. The Morgan fingerprint density at radius 1 is 0.925 bits per heavy atom. The average Bonchev–Trinajstić information content (AvgIpc) is 2.84. The highest BCUT2D eigenvalue weighted by Gasteiger charge is 2.37. The highest BCUT2D eigenvalue weighted by Crippen LogP contribution is 2.39. The second kappa shape index (κ2) is 10.7. The van der Waals surface area contributed by atoms with Gasteiger partial charge in [-0.1, -0.05) is 6.07 Å². The minimum atomic E-state index is -5.29. The largest absolute Gasteiger partial charge is 0.573 e. The molecule has 1 atom stereocenters. The van der Waals surface area contributed by atoms with Gasteiger partial charge in [-0.25, -0.2) is 26.7 Å². The predicted octanol–water partition coefficient (Wildman–Crippen LogP) is 6.34. The van der Waals surface area contributed by atoms with Crippen molar-refractivity contribution < 1.29 is 49.4 Å². The number of hydrogen-bond donors (Lipinski definition) is 1. The summed E-state index contributed by atoms with van der Waals surface area (Å²) in [5.41, 5.74) is -1.07. The zero-order chi connectivity index (χ0) is 29.5. The third-order valence-corrected chi connectivity index (χ3v) is 6.34. The molecule has 0 aliphatic carbocycles. The number of benzene rings is 3. The maximum absolute atomic E-state index is 14.7. The molecule has 3 amide bonds. The molecule has 6 nitrogen and oxygen atoms in total. The van der Waals surface area contributed by atoms with E-state index in [1.54, 1.807) is 6.92 Å². The number of hydrogen-bond acceptors (Lipinski definition) is 3. The Bertz CT molecular complexity index is 1470. The molecule has 3 aromatic carbocycles. The predicted molar refractivity (Wildman–Crippen MR) is 125 cm³/mol. The van der Waals surface area contributed by atoms with E-state index in [1.165, 1.54) is 30.1 Å². The molecule has 3 aromatic rings. The van der Waals surface area contributed by atoms with E-state index in [2.05, 4.69) is 10.1 Å². The highest BCUT2D eigenvalue weighted by atomic mass is 19.4. The maximum atomic E-state index is 14.7. The molecule has 0 aromatic heterocycles. The lowest BCUT2D eigenvalue weighted by Crippen LogP contribution is -2.46. The van der Waals surface area contributed by atoms with Crippen molar-refractivity contribution in [2.45, 2.75) is 32.4 Å². The Balaban J connectivity index is 1.69. The summed E-state index contributed by atoms with van der Waals surface area (Å²) in [7, 11) is 1.39. The summed E-state index contributed by atoms with van der Waals surface area (Å²) >= 11 is 0. The summed E-state index contributed by atoms with van der Waals surface area (Å²) in [6.45, 7) is 0.136. The van der Waals surface area contributed by atoms with E-state index >= 15 is 0 Å². The third-order valence-electron chi connectivity index (χ3n) is 6.34. The summed E-state index contributed by atoms with van der Waals surface area (Å²) in [5.74, 6) is -8.41. The number of fused-ring (bicyclic) bond motifs is 1. The number of ether oxygens (including phenoxy) is 1. The molecular weight excluding hydrogens is 554 g/mol. The zero-order valence-corrected chi connectivity index (χ0v) is 20.7. The molecule has 0 fully saturated rings. The van der Waals surface area contributed by atoms with Gasteiger partial charge in [0, 0.05) is 49.0 Å². The van der Waals surface area contributed by atoms with Gasteiger partial charge in [-0.2, -0.15) is 0 Å². The molecular formula is C26H19F8N3O3. The molecule has 1 N–H and O–H groups in total. The van der Waals surface area contributed by atoms with Gasteiger partial charge in [0.15, 0.2) is 0 Å². The maximum Gasteiger partial charge on any atom is 0.573 e. The van der Waals surface area contributed by atoms with Gasteiger partial charge >= 0.3 is 12.4 Å². The number of amides is 3. The zero-order valence-electron chi connectivity index (χ0n) is 20.7. The Hall–Kier alpha value is -4.36. The van der Waals surface area contributed by atoms with Gasteiger partial charge in [0.2, 0.25) is 0 Å². The number of carbonyl (C=O) groups is 2. The molecule has 1 aliphatic heterocycles. The van der Waals surface area contributed by atoms with Crippen LogP contribution in [0.5, 0.6) is 5.75 Å². The van der Waals surface area contributed by atoms with E-state index in [1.807, 2.05) is 0 Å². The van der Waals surface area contributed by atoms with Crippen LogP contribution in [0.25, 0.3) is 0 Å². The van der Waals surface area contributed by atoms with Crippen molar-refractivity contribution >= 4 is 17.6 Å². The number of carbonyl (C=O) groups excluding carboxylic acids is 2. The molecule has 0 saturated heterocycles. The second-order valence-corrected chi connectivity index (χ2v) is 8.87. The molecule has 212 valence electrons. The van der Waals surface area contributed by atoms with Crippen molar-refractivity contribution in [1.82, 2.24) is 10.2 Å². The van der Waals surface area contributed by atoms with Crippen LogP contribution in [0.4, 0.5) is 45.6 Å². The Labute approximate surface area is 221 Å². The quantitative estimate of drug-likeness (QED) is 0.350. The van der Waals surface area contributed by atoms with Gasteiger partial charge in [0.05, 0.1) is 23.8 Å². The summed E-state index contributed by atoms with van der Waals surface area (Å²) in [6, 6.07) is 4.14. The molecule has 4 rings (SSSR count). The van der Waals surface area contributed by atoms with Crippen LogP contribution in [0.1, 0.15) is 40.0 Å². The van der Waals surface area contributed by atoms with Crippen LogP contribution in [0, 0.1) is 29.1 Å². The van der Waals surface area contributed by atoms with Crippen molar-refractivity contribution in [3.05, 3.63) is 93.8 Å². The van der Waals surface area contributed by atoms with Crippen LogP contribution in [-0.2, 0) is 13.1 Å². The van der Waals surface area contributed by atoms with E-state index < -0.39 is 83.4 Å². The molecule has 1 aliphatic rings. The summed E-state index contributed by atoms with van der Waals surface area (Å²) in [5, 5.41) is 2.27. The Morgan fingerprint density at radius 3 is 2.10 bits per heavy atom. The summed E-state index contributed by atoms with van der Waals surface area (Å²) < 4.78 is 112. The van der Waals surface area contributed by atoms with Crippen LogP contribution >= 0.6 is 0 Å². The number of anilines is 1. The molecule has 0 radical (unpaired) electrons. The standard InChI is InChI=1S/C26H19F8N3O3/c1-12-16-4-3-13(24(38)35-10-17-19(29)6-14(27)7-20(17)30)5-22(16)37(25(39)36(12)2)11-18-21(31)8-15(28)9-23(18)40-26(32,33)34/h3-9,12H,10-11H2,1-2H3,(H,35,38). The molecule has 0 saturated carbocycles. The number of alkyl halides is 3. The minimum absolute atomic E-state index is 0.0177. The lowest BCUT2D eigenvalue weighted by molar-refractivity contribution is -0.275. The van der Waals surface area contributed by atoms with Crippen LogP contribution in [0.15, 0.2) is 42.5 Å². The number of rotatable bonds is 6. The number of urea groups is 1. The molecule has 0 spiro atoms. The van der Waals surface area contributed by atoms with Crippen LogP contribution < -0.4 is 15.0 Å². The first-order chi connectivity index (χ1) is 18.7. The lowest BCUT2D eigenvalue weighted by Gasteiger charge is -2.40. The van der Waals surface area contributed by atoms with E-state index in [0.29, 0.717) is 29.8 Å². The van der Waals surface area contributed by atoms with Gasteiger partial charge in [0.1, 0.15) is 34.8 Å². The molecule has 1 heterocycles. The van der Waals surface area contributed by atoms with Crippen LogP contribution in [-0.4, -0.2) is 30.2 Å². The fourth-order valence-electron chi connectivity index (χ4n) is 4.21. The monoisotopic (exact) mass is 573 g/mol. The molecule has 0 bridgehead atoms. The number of nitrogens with zero attached hydrogens (tertiary/aromatic N) is 2. The van der Waals surface area contributed by atoms with Gasteiger partial charge in [-0.05, 0) is 24.6 Å². The lowest BCUT2D eigenvalue weighted by atomic mass is 9.98. The fraction of sp³-hybridized carbons (Fsp3) is 0.231. The van der Waals surface area contributed by atoms with E-state index in [0.717, 1.165) is 4.90 Å². The third kappa shape index (κ3) is 5.80. The molecule has 1 unspecified atom stereocenters. The van der Waals surface area contributed by atoms with Crippen LogP contribution in [0.3, 0.4) is 0 Å². The minimum Gasteiger partial charge on any atom is -0.405 e. The van der Waals surface area contributed by atoms with Crippen molar-refractivity contribution in [3.63, 3.8) is 0 Å². The normalized spacial score (nSPS) is 15.2. The summed E-state index contributed by atoms with van der Waals surface area (Å²) in [6.07, 6.45) is -5.29. The Kier molecular flexibility index (Phi) is 7.63. The first kappa shape index (κ1) is 28.6. The van der Waals surface area contributed by atoms with Gasteiger partial charge in [-0.3, -0.25) is 9.69 Å². The van der Waals surface area contributed by atoms with E-state index in [4.69, 9.17) is 0 Å². The molecule has 40 heavy (non-hydrogen) atoms. The van der Waals surface area contributed by atoms with Crippen molar-refractivity contribution in [1.29, 1.82) is 0 Å². The highest BCUT2D eigenvalue weighted by molar-refractivity contribution is 5.99. The van der Waals surface area contributed by atoms with E-state index in [-0.39, 0.29) is 11.3 Å². The fourth-order valence-corrected chi connectivity index (χ4v) is 4.21. The Morgan fingerprint density at radius 2 is 1.50 bits per heavy atom. The van der Waals surface area contributed by atoms with Gasteiger partial charge in [-0.15, -0.1) is 13.2 Å². The van der Waals surface area contributed by atoms with Gasteiger partial charge in [0.25, 0.3) is 5.91 Å². The van der Waals surface area contributed by atoms with Crippen molar-refractivity contribution in [2.75, 3.05) is 11.9 Å². The number of halogens is 8. The average molecular weight is 573 g/mol. The smallest absolute Gasteiger partial charge is 0.405 e. The first-order valence-electron chi connectivity index (χ1n) is 11.5. The molecule has 14 heteroatoms.